The largest absolute Gasteiger partial charge is 0.269 e. The Labute approximate surface area is 146 Å². The highest BCUT2D eigenvalue weighted by Crippen LogP contribution is 2.27. The number of non-ortho nitro benzene ring substituents is 1. The van der Waals surface area contributed by atoms with Gasteiger partial charge in [0.1, 0.15) is 16.9 Å². The maximum atomic E-state index is 13.0. The van der Waals surface area contributed by atoms with E-state index in [1.54, 1.807) is 35.7 Å². The van der Waals surface area contributed by atoms with Crippen LogP contribution in [0, 0.1) is 27.3 Å². The number of hydrogen-bond donors (Lipinski definition) is 0. The van der Waals surface area contributed by atoms with E-state index < -0.39 is 4.92 Å². The Morgan fingerprint density at radius 3 is 2.48 bits per heavy atom. The molecule has 0 bridgehead atoms. The molecule has 0 fully saturated rings. The Morgan fingerprint density at radius 2 is 1.88 bits per heavy atom. The van der Waals surface area contributed by atoms with Crippen LogP contribution in [0.4, 0.5) is 10.1 Å². The maximum absolute atomic E-state index is 13.0. The second-order valence-electron chi connectivity index (χ2n) is 5.06. The number of nitriles is 1. The van der Waals surface area contributed by atoms with Gasteiger partial charge < -0.3 is 0 Å². The van der Waals surface area contributed by atoms with Gasteiger partial charge in [-0.05, 0) is 48.0 Å². The van der Waals surface area contributed by atoms with Gasteiger partial charge in [0.25, 0.3) is 5.69 Å². The average Bonchev–Trinajstić information content (AvgIpc) is 3.10. The van der Waals surface area contributed by atoms with E-state index >= 15 is 0 Å². The van der Waals surface area contributed by atoms with Crippen molar-refractivity contribution in [3.63, 3.8) is 0 Å². The molecular weight excluding hydrogens is 341 g/mol. The third-order valence-electron chi connectivity index (χ3n) is 3.41. The molecule has 0 N–H and O–H groups in total. The summed E-state index contributed by atoms with van der Waals surface area (Å²) in [5.74, 6) is -0.324. The molecule has 3 rings (SSSR count). The van der Waals surface area contributed by atoms with Gasteiger partial charge in [-0.15, -0.1) is 11.3 Å². The van der Waals surface area contributed by atoms with Crippen LogP contribution in [0.3, 0.4) is 0 Å². The Hall–Kier alpha value is -3.37. The van der Waals surface area contributed by atoms with Gasteiger partial charge in [0, 0.05) is 23.1 Å². The van der Waals surface area contributed by atoms with Crippen molar-refractivity contribution in [2.75, 3.05) is 0 Å². The van der Waals surface area contributed by atoms with Gasteiger partial charge in [-0.25, -0.2) is 9.37 Å². The fourth-order valence-corrected chi connectivity index (χ4v) is 2.95. The van der Waals surface area contributed by atoms with E-state index in [2.05, 4.69) is 11.1 Å². The third kappa shape index (κ3) is 3.76. The van der Waals surface area contributed by atoms with Crippen LogP contribution in [0.2, 0.25) is 0 Å². The summed E-state index contributed by atoms with van der Waals surface area (Å²) in [4.78, 5) is 14.6. The van der Waals surface area contributed by atoms with E-state index in [9.17, 15) is 19.8 Å². The molecule has 0 saturated heterocycles. The molecule has 2 aromatic carbocycles. The number of rotatable bonds is 4. The minimum Gasteiger partial charge on any atom is -0.258 e. The zero-order valence-electron chi connectivity index (χ0n) is 12.7. The fourth-order valence-electron chi connectivity index (χ4n) is 2.15. The molecule has 5 nitrogen and oxygen atoms in total. The Morgan fingerprint density at radius 1 is 1.20 bits per heavy atom. The molecule has 7 heteroatoms. The quantitative estimate of drug-likeness (QED) is 0.379. The minimum absolute atomic E-state index is 0.0106. The molecule has 1 aromatic heterocycles. The van der Waals surface area contributed by atoms with E-state index in [4.69, 9.17) is 0 Å². The summed E-state index contributed by atoms with van der Waals surface area (Å²) in [6.45, 7) is 0. The summed E-state index contributed by atoms with van der Waals surface area (Å²) in [5.41, 5.74) is 2.43. The lowest BCUT2D eigenvalue weighted by Crippen LogP contribution is -1.87. The van der Waals surface area contributed by atoms with E-state index in [-0.39, 0.29) is 11.5 Å². The van der Waals surface area contributed by atoms with Crippen LogP contribution in [-0.4, -0.2) is 9.91 Å². The van der Waals surface area contributed by atoms with Crippen LogP contribution in [0.25, 0.3) is 22.9 Å². The van der Waals surface area contributed by atoms with E-state index in [0.29, 0.717) is 21.8 Å². The molecule has 0 aliphatic carbocycles. The lowest BCUT2D eigenvalue weighted by molar-refractivity contribution is -0.384. The van der Waals surface area contributed by atoms with Crippen molar-refractivity contribution < 1.29 is 9.31 Å². The fraction of sp³-hybridized carbons (Fsp3) is 0. The summed E-state index contributed by atoms with van der Waals surface area (Å²) in [5, 5.41) is 22.4. The Kier molecular flexibility index (Phi) is 4.64. The molecule has 0 radical (unpaired) electrons. The number of benzene rings is 2. The molecule has 0 spiro atoms. The van der Waals surface area contributed by atoms with Crippen LogP contribution in [0.5, 0.6) is 0 Å². The zero-order valence-corrected chi connectivity index (χ0v) is 13.5. The number of nitro groups is 1. The van der Waals surface area contributed by atoms with Gasteiger partial charge in [0.2, 0.25) is 0 Å². The van der Waals surface area contributed by atoms with E-state index in [1.807, 2.05) is 0 Å². The first-order chi connectivity index (χ1) is 12.1. The maximum Gasteiger partial charge on any atom is 0.269 e. The van der Waals surface area contributed by atoms with Gasteiger partial charge in [0.15, 0.2) is 0 Å². The molecule has 0 saturated carbocycles. The molecule has 0 aliphatic rings. The van der Waals surface area contributed by atoms with Crippen molar-refractivity contribution in [2.24, 2.45) is 0 Å². The van der Waals surface area contributed by atoms with Crippen molar-refractivity contribution >= 4 is 28.7 Å². The predicted octanol–water partition coefficient (Wildman–Crippen LogP) is 4.92. The predicted molar refractivity (Wildman–Crippen MR) is 94.1 cm³/mol. The molecule has 0 amide bonds. The second-order valence-corrected chi connectivity index (χ2v) is 5.92. The van der Waals surface area contributed by atoms with E-state index in [1.165, 1.54) is 35.6 Å². The number of nitrogens with zero attached hydrogens (tertiary/aromatic N) is 3. The van der Waals surface area contributed by atoms with Gasteiger partial charge >= 0.3 is 0 Å². The van der Waals surface area contributed by atoms with Crippen molar-refractivity contribution in [3.8, 4) is 17.3 Å². The highest BCUT2D eigenvalue weighted by Gasteiger charge is 2.10. The first kappa shape index (κ1) is 16.5. The summed E-state index contributed by atoms with van der Waals surface area (Å²) in [7, 11) is 0. The highest BCUT2D eigenvalue weighted by atomic mass is 32.1. The van der Waals surface area contributed by atoms with Gasteiger partial charge in [-0.1, -0.05) is 0 Å². The number of halogens is 1. The Balaban J connectivity index is 1.90. The molecule has 3 aromatic rings. The number of thiazole rings is 1. The van der Waals surface area contributed by atoms with E-state index in [0.717, 1.165) is 5.56 Å². The van der Waals surface area contributed by atoms with Crippen LogP contribution >= 0.6 is 11.3 Å². The summed E-state index contributed by atoms with van der Waals surface area (Å²) in [6.07, 6.45) is 1.62. The lowest BCUT2D eigenvalue weighted by atomic mass is 10.1. The topological polar surface area (TPSA) is 79.8 Å². The highest BCUT2D eigenvalue weighted by molar-refractivity contribution is 7.11. The number of hydrogen-bond acceptors (Lipinski definition) is 5. The van der Waals surface area contributed by atoms with Crippen molar-refractivity contribution in [2.45, 2.75) is 0 Å². The minimum atomic E-state index is -0.478. The summed E-state index contributed by atoms with van der Waals surface area (Å²) in [6, 6.07) is 14.0. The second kappa shape index (κ2) is 7.03. The molecule has 122 valence electrons. The van der Waals surface area contributed by atoms with Crippen LogP contribution in [0.1, 0.15) is 10.6 Å². The van der Waals surface area contributed by atoms with Crippen molar-refractivity contribution in [3.05, 3.63) is 80.4 Å². The molecule has 0 atom stereocenters. The molecule has 25 heavy (non-hydrogen) atoms. The van der Waals surface area contributed by atoms with Crippen LogP contribution < -0.4 is 0 Å². The molecule has 0 aliphatic heterocycles. The molecule has 0 unspecified atom stereocenters. The van der Waals surface area contributed by atoms with Gasteiger partial charge in [-0.2, -0.15) is 5.26 Å². The van der Waals surface area contributed by atoms with Crippen LogP contribution in [-0.2, 0) is 0 Å². The molecular formula is C18H10FN3O2S. The summed E-state index contributed by atoms with van der Waals surface area (Å²) >= 11 is 1.30. The zero-order chi connectivity index (χ0) is 17.8. The third-order valence-corrected chi connectivity index (χ3v) is 4.29. The van der Waals surface area contributed by atoms with Crippen molar-refractivity contribution in [1.82, 2.24) is 4.98 Å². The SMILES string of the molecule is N#C/C(=C\c1ccc([N+](=O)[O-])cc1)c1nc(-c2ccc(F)cc2)cs1. The number of nitro benzene ring substituents is 1. The smallest absolute Gasteiger partial charge is 0.258 e. The summed E-state index contributed by atoms with van der Waals surface area (Å²) < 4.78 is 13.0. The first-order valence-electron chi connectivity index (χ1n) is 7.15. The molecule has 1 heterocycles. The standard InChI is InChI=1S/C18H10FN3O2S/c19-15-5-3-13(4-6-15)17-11-25-18(21-17)14(10-20)9-12-1-7-16(8-2-12)22(23)24/h1-9,11H/b14-9+. The lowest BCUT2D eigenvalue weighted by Gasteiger charge is -1.97. The van der Waals surface area contributed by atoms with Gasteiger partial charge in [-0.3, -0.25) is 10.1 Å². The first-order valence-corrected chi connectivity index (χ1v) is 8.03. The normalized spacial score (nSPS) is 11.1. The van der Waals surface area contributed by atoms with Crippen LogP contribution in [0.15, 0.2) is 53.9 Å². The monoisotopic (exact) mass is 351 g/mol. The van der Waals surface area contributed by atoms with Gasteiger partial charge in [0.05, 0.1) is 16.2 Å². The number of allylic oxidation sites excluding steroid dienone is 1. The van der Waals surface area contributed by atoms with Crippen molar-refractivity contribution in [1.29, 1.82) is 5.26 Å². The number of aromatic nitrogens is 1. The average molecular weight is 351 g/mol. The Bertz CT molecular complexity index is 986.